The number of rotatable bonds is 3. The van der Waals surface area contributed by atoms with Gasteiger partial charge in [-0.3, -0.25) is 4.79 Å². The van der Waals surface area contributed by atoms with Crippen LogP contribution in [0.25, 0.3) is 0 Å². The average Bonchev–Trinajstić information content (AvgIpc) is 2.42. The van der Waals surface area contributed by atoms with E-state index in [9.17, 15) is 4.79 Å². The molecule has 0 spiro atoms. The highest BCUT2D eigenvalue weighted by Gasteiger charge is 2.21. The highest BCUT2D eigenvalue weighted by molar-refractivity contribution is 9.10. The summed E-state index contributed by atoms with van der Waals surface area (Å²) in [5.74, 6) is -0.0229. The van der Waals surface area contributed by atoms with Crippen molar-refractivity contribution in [1.82, 2.24) is 10.6 Å². The summed E-state index contributed by atoms with van der Waals surface area (Å²) < 4.78 is 0.751. The van der Waals surface area contributed by atoms with Gasteiger partial charge in [0.15, 0.2) is 0 Å². The molecule has 0 bridgehead atoms. The van der Waals surface area contributed by atoms with Crippen molar-refractivity contribution < 1.29 is 4.79 Å². The van der Waals surface area contributed by atoms with E-state index in [0.29, 0.717) is 16.6 Å². The predicted octanol–water partition coefficient (Wildman–Crippen LogP) is 3.36. The lowest BCUT2D eigenvalue weighted by Gasteiger charge is -2.28. The van der Waals surface area contributed by atoms with Gasteiger partial charge in [0.25, 0.3) is 5.91 Å². The van der Waals surface area contributed by atoms with Gasteiger partial charge in [0.05, 0.1) is 5.02 Å². The van der Waals surface area contributed by atoms with E-state index in [4.69, 9.17) is 11.6 Å². The second kappa shape index (κ2) is 6.73. The van der Waals surface area contributed by atoms with E-state index in [1.165, 1.54) is 0 Å². The summed E-state index contributed by atoms with van der Waals surface area (Å²) >= 11 is 9.26. The van der Waals surface area contributed by atoms with Gasteiger partial charge in [-0.1, -0.05) is 11.6 Å². The van der Waals surface area contributed by atoms with Crippen LogP contribution in [0.5, 0.6) is 0 Å². The van der Waals surface area contributed by atoms with Gasteiger partial charge in [0.2, 0.25) is 0 Å². The Morgan fingerprint density at radius 3 is 2.47 bits per heavy atom. The molecule has 5 heteroatoms. The molecule has 1 aromatic carbocycles. The van der Waals surface area contributed by atoms with E-state index in [2.05, 4.69) is 26.6 Å². The van der Waals surface area contributed by atoms with Gasteiger partial charge in [0.1, 0.15) is 0 Å². The Bertz CT molecular complexity index is 459. The third kappa shape index (κ3) is 3.94. The molecule has 0 unspecified atom stereocenters. The first-order valence-corrected chi connectivity index (χ1v) is 7.70. The van der Waals surface area contributed by atoms with Gasteiger partial charge in [-0.25, -0.2) is 0 Å². The van der Waals surface area contributed by atoms with Crippen LogP contribution >= 0.6 is 27.5 Å². The van der Waals surface area contributed by atoms with E-state index in [-0.39, 0.29) is 11.9 Å². The molecule has 104 valence electrons. The summed E-state index contributed by atoms with van der Waals surface area (Å²) in [6, 6.07) is 6.13. The van der Waals surface area contributed by atoms with Crippen LogP contribution in [-0.2, 0) is 0 Å². The van der Waals surface area contributed by atoms with E-state index >= 15 is 0 Å². The maximum absolute atomic E-state index is 12.1. The van der Waals surface area contributed by atoms with E-state index < -0.39 is 0 Å². The highest BCUT2D eigenvalue weighted by atomic mass is 79.9. The van der Waals surface area contributed by atoms with Crippen molar-refractivity contribution >= 4 is 33.4 Å². The lowest BCUT2D eigenvalue weighted by molar-refractivity contribution is 0.0924. The van der Waals surface area contributed by atoms with Crippen LogP contribution in [0.3, 0.4) is 0 Å². The Morgan fingerprint density at radius 2 is 1.89 bits per heavy atom. The number of amides is 1. The zero-order chi connectivity index (χ0) is 13.8. The van der Waals surface area contributed by atoms with Gasteiger partial charge in [-0.05, 0) is 66.9 Å². The summed E-state index contributed by atoms with van der Waals surface area (Å²) in [5.41, 5.74) is 0.645. The largest absolute Gasteiger partial charge is 0.349 e. The molecule has 1 aliphatic rings. The first kappa shape index (κ1) is 14.8. The minimum absolute atomic E-state index is 0.0229. The Balaban J connectivity index is 1.92. The second-order valence-electron chi connectivity index (χ2n) is 4.94. The molecule has 3 nitrogen and oxygen atoms in total. The van der Waals surface area contributed by atoms with Crippen molar-refractivity contribution in [1.29, 1.82) is 0 Å². The van der Waals surface area contributed by atoms with Crippen molar-refractivity contribution in [3.63, 3.8) is 0 Å². The minimum atomic E-state index is -0.0229. The molecule has 2 N–H and O–H groups in total. The molecule has 0 aromatic heterocycles. The Labute approximate surface area is 127 Å². The molecule has 19 heavy (non-hydrogen) atoms. The molecule has 1 saturated carbocycles. The van der Waals surface area contributed by atoms with Crippen LogP contribution < -0.4 is 10.6 Å². The molecule has 0 heterocycles. The number of carbonyl (C=O) groups excluding carboxylic acids is 1. The number of hydrogen-bond donors (Lipinski definition) is 2. The lowest BCUT2D eigenvalue weighted by atomic mass is 9.91. The van der Waals surface area contributed by atoms with Crippen LogP contribution in [0.2, 0.25) is 5.02 Å². The fraction of sp³-hybridized carbons (Fsp3) is 0.500. The number of benzene rings is 1. The van der Waals surface area contributed by atoms with Crippen molar-refractivity contribution in [3.8, 4) is 0 Å². The van der Waals surface area contributed by atoms with Gasteiger partial charge in [0, 0.05) is 22.1 Å². The molecule has 0 aliphatic heterocycles. The van der Waals surface area contributed by atoms with Crippen molar-refractivity contribution in [2.24, 2.45) is 0 Å². The minimum Gasteiger partial charge on any atom is -0.349 e. The van der Waals surface area contributed by atoms with E-state index in [1.807, 2.05) is 7.05 Å². The molecule has 1 amide bonds. The van der Waals surface area contributed by atoms with Crippen LogP contribution in [0, 0.1) is 0 Å². The maximum atomic E-state index is 12.1. The highest BCUT2D eigenvalue weighted by Crippen LogP contribution is 2.24. The van der Waals surface area contributed by atoms with Gasteiger partial charge >= 0.3 is 0 Å². The Hall–Kier alpha value is -0.580. The van der Waals surface area contributed by atoms with Crippen LogP contribution in [0.15, 0.2) is 22.7 Å². The molecule has 1 fully saturated rings. The molecule has 2 rings (SSSR count). The maximum Gasteiger partial charge on any atom is 0.251 e. The third-order valence-corrected chi connectivity index (χ3v) is 4.87. The first-order chi connectivity index (χ1) is 9.10. The van der Waals surface area contributed by atoms with E-state index in [1.54, 1.807) is 18.2 Å². The van der Waals surface area contributed by atoms with Crippen LogP contribution in [0.1, 0.15) is 36.0 Å². The van der Waals surface area contributed by atoms with Crippen LogP contribution in [0.4, 0.5) is 0 Å². The van der Waals surface area contributed by atoms with E-state index in [0.717, 1.165) is 30.2 Å². The number of halogens is 2. The molecule has 1 aliphatic carbocycles. The normalized spacial score (nSPS) is 23.1. The Kier molecular flexibility index (Phi) is 5.25. The predicted molar refractivity (Wildman–Crippen MR) is 81.7 cm³/mol. The fourth-order valence-electron chi connectivity index (χ4n) is 2.43. The van der Waals surface area contributed by atoms with Gasteiger partial charge in [-0.15, -0.1) is 0 Å². The van der Waals surface area contributed by atoms with Crippen LogP contribution in [-0.4, -0.2) is 25.0 Å². The fourth-order valence-corrected chi connectivity index (χ4v) is 2.93. The lowest BCUT2D eigenvalue weighted by Crippen LogP contribution is -2.41. The summed E-state index contributed by atoms with van der Waals surface area (Å²) in [5, 5.41) is 7.00. The van der Waals surface area contributed by atoms with Crippen molar-refractivity contribution in [3.05, 3.63) is 33.3 Å². The first-order valence-electron chi connectivity index (χ1n) is 6.53. The zero-order valence-electron chi connectivity index (χ0n) is 10.9. The third-order valence-electron chi connectivity index (χ3n) is 3.65. The molecule has 0 saturated heterocycles. The number of nitrogens with one attached hydrogen (secondary N) is 2. The summed E-state index contributed by atoms with van der Waals surface area (Å²) in [7, 11) is 1.99. The number of hydrogen-bond acceptors (Lipinski definition) is 2. The SMILES string of the molecule is CNC1CCC(NC(=O)c2ccc(Cl)c(Br)c2)CC1. The monoisotopic (exact) mass is 344 g/mol. The van der Waals surface area contributed by atoms with Gasteiger partial charge in [-0.2, -0.15) is 0 Å². The standard InChI is InChI=1S/C14H18BrClN2O/c1-17-10-3-5-11(6-4-10)18-14(19)9-2-7-13(16)12(15)8-9/h2,7-8,10-11,17H,3-6H2,1H3,(H,18,19). The zero-order valence-corrected chi connectivity index (χ0v) is 13.2. The quantitative estimate of drug-likeness (QED) is 0.882. The Morgan fingerprint density at radius 1 is 1.26 bits per heavy atom. The molecular weight excluding hydrogens is 328 g/mol. The summed E-state index contributed by atoms with van der Waals surface area (Å²) in [4.78, 5) is 12.1. The smallest absolute Gasteiger partial charge is 0.251 e. The molecule has 0 radical (unpaired) electrons. The molecule has 0 atom stereocenters. The van der Waals surface area contributed by atoms with Crippen molar-refractivity contribution in [2.75, 3.05) is 7.05 Å². The average molecular weight is 346 g/mol. The molecule has 1 aromatic rings. The second-order valence-corrected chi connectivity index (χ2v) is 6.20. The summed E-state index contributed by atoms with van der Waals surface area (Å²) in [6.07, 6.45) is 4.30. The van der Waals surface area contributed by atoms with Gasteiger partial charge < -0.3 is 10.6 Å². The summed E-state index contributed by atoms with van der Waals surface area (Å²) in [6.45, 7) is 0. The number of carbonyl (C=O) groups is 1. The topological polar surface area (TPSA) is 41.1 Å². The van der Waals surface area contributed by atoms with Crippen molar-refractivity contribution in [2.45, 2.75) is 37.8 Å². The molecular formula is C14H18BrClN2O.